The number of rotatable bonds is 11. The normalized spacial score (nSPS) is 12.9. The van der Waals surface area contributed by atoms with Crippen molar-refractivity contribution < 1.29 is 18.0 Å². The lowest BCUT2D eigenvalue weighted by Crippen LogP contribution is -2.52. The molecule has 11 heteroatoms. The summed E-state index contributed by atoms with van der Waals surface area (Å²) >= 11 is 15.7. The molecule has 0 aliphatic heterocycles. The van der Waals surface area contributed by atoms with Crippen molar-refractivity contribution in [3.05, 3.63) is 92.9 Å². The van der Waals surface area contributed by atoms with Crippen LogP contribution in [0.5, 0.6) is 0 Å². The molecule has 3 aromatic rings. The molecule has 0 bridgehead atoms. The van der Waals surface area contributed by atoms with Gasteiger partial charge in [0.15, 0.2) is 0 Å². The van der Waals surface area contributed by atoms with Crippen LogP contribution >= 0.6 is 39.1 Å². The molecule has 0 saturated heterocycles. The standard InChI is InChI=1S/C28H30BrCl2N3O4S/c1-4-19(2)32-28(36)20(3)33(17-21-10-12-22(29)13-11-21)27(35)18-34(23-14-15-25(30)26(31)16-23)39(37,38)24-8-6-5-7-9-24/h5-16,19-20H,4,17-18H2,1-3H3,(H,32,36)/t19-,20+/m1/s1. The summed E-state index contributed by atoms with van der Waals surface area (Å²) in [6, 6.07) is 18.5. The maximum atomic E-state index is 13.9. The third kappa shape index (κ3) is 7.97. The van der Waals surface area contributed by atoms with Gasteiger partial charge in [-0.15, -0.1) is 0 Å². The molecule has 0 spiro atoms. The fourth-order valence-electron chi connectivity index (χ4n) is 3.72. The Morgan fingerprint density at radius 2 is 1.59 bits per heavy atom. The van der Waals surface area contributed by atoms with Crippen molar-refractivity contribution in [1.82, 2.24) is 10.2 Å². The Bertz CT molecular complexity index is 1410. The largest absolute Gasteiger partial charge is 0.352 e. The number of nitrogens with zero attached hydrogens (tertiary/aromatic N) is 2. The minimum Gasteiger partial charge on any atom is -0.352 e. The van der Waals surface area contributed by atoms with Crippen LogP contribution in [0.15, 0.2) is 82.2 Å². The van der Waals surface area contributed by atoms with Crippen molar-refractivity contribution in [1.29, 1.82) is 0 Å². The van der Waals surface area contributed by atoms with Gasteiger partial charge in [-0.1, -0.05) is 76.4 Å². The molecule has 0 aromatic heterocycles. The van der Waals surface area contributed by atoms with Crippen LogP contribution in [0.3, 0.4) is 0 Å². The SMILES string of the molecule is CC[C@@H](C)NC(=O)[C@H](C)N(Cc1ccc(Br)cc1)C(=O)CN(c1ccc(Cl)c(Cl)c1)S(=O)(=O)c1ccccc1. The van der Waals surface area contributed by atoms with Gasteiger partial charge < -0.3 is 10.2 Å². The van der Waals surface area contributed by atoms with E-state index in [1.807, 2.05) is 38.1 Å². The predicted molar refractivity (Wildman–Crippen MR) is 159 cm³/mol. The van der Waals surface area contributed by atoms with Crippen LogP contribution in [0, 0.1) is 0 Å². The molecular formula is C28H30BrCl2N3O4S. The molecule has 1 N–H and O–H groups in total. The smallest absolute Gasteiger partial charge is 0.264 e. The number of carbonyl (C=O) groups excluding carboxylic acids is 2. The molecule has 3 aromatic carbocycles. The lowest BCUT2D eigenvalue weighted by atomic mass is 10.1. The van der Waals surface area contributed by atoms with Crippen LogP contribution in [-0.2, 0) is 26.2 Å². The van der Waals surface area contributed by atoms with Crippen LogP contribution in [0.1, 0.15) is 32.8 Å². The van der Waals surface area contributed by atoms with E-state index in [0.29, 0.717) is 0 Å². The molecule has 2 atom stereocenters. The summed E-state index contributed by atoms with van der Waals surface area (Å²) in [6.07, 6.45) is 0.722. The minimum absolute atomic E-state index is 0.00546. The third-order valence-corrected chi connectivity index (χ3v) is 9.29. The summed E-state index contributed by atoms with van der Waals surface area (Å²) in [6.45, 7) is 4.99. The first-order valence-electron chi connectivity index (χ1n) is 12.3. The van der Waals surface area contributed by atoms with Gasteiger partial charge in [0.1, 0.15) is 12.6 Å². The number of carbonyl (C=O) groups is 2. The van der Waals surface area contributed by atoms with Crippen LogP contribution < -0.4 is 9.62 Å². The van der Waals surface area contributed by atoms with Gasteiger partial charge in [-0.2, -0.15) is 0 Å². The lowest BCUT2D eigenvalue weighted by molar-refractivity contribution is -0.139. The number of amides is 2. The van der Waals surface area contributed by atoms with Gasteiger partial charge in [0.2, 0.25) is 11.8 Å². The van der Waals surface area contributed by atoms with Gasteiger partial charge in [0.05, 0.1) is 20.6 Å². The lowest BCUT2D eigenvalue weighted by Gasteiger charge is -2.32. The van der Waals surface area contributed by atoms with E-state index in [1.54, 1.807) is 25.1 Å². The van der Waals surface area contributed by atoms with Crippen LogP contribution in [0.4, 0.5) is 5.69 Å². The Labute approximate surface area is 248 Å². The summed E-state index contributed by atoms with van der Waals surface area (Å²) in [7, 11) is -4.18. The van der Waals surface area contributed by atoms with Crippen LogP contribution in [0.2, 0.25) is 10.0 Å². The third-order valence-electron chi connectivity index (χ3n) is 6.24. The van der Waals surface area contributed by atoms with Crippen LogP contribution in [0.25, 0.3) is 0 Å². The Morgan fingerprint density at radius 3 is 2.18 bits per heavy atom. The highest BCUT2D eigenvalue weighted by molar-refractivity contribution is 9.10. The van der Waals surface area contributed by atoms with Gasteiger partial charge in [-0.25, -0.2) is 8.42 Å². The molecule has 0 unspecified atom stereocenters. The number of benzene rings is 3. The Hall–Kier alpha value is -2.59. The van der Waals surface area contributed by atoms with Gasteiger partial charge in [0.25, 0.3) is 10.0 Å². The zero-order valence-corrected chi connectivity index (χ0v) is 25.7. The number of sulfonamides is 1. The summed E-state index contributed by atoms with van der Waals surface area (Å²) < 4.78 is 29.4. The average Bonchev–Trinajstić information content (AvgIpc) is 2.92. The second-order valence-corrected chi connectivity index (χ2v) is 12.7. The fourth-order valence-corrected chi connectivity index (χ4v) is 5.71. The highest BCUT2D eigenvalue weighted by Gasteiger charge is 2.33. The van der Waals surface area contributed by atoms with Crippen molar-refractivity contribution in [2.45, 2.75) is 50.7 Å². The second kappa shape index (κ2) is 13.7. The summed E-state index contributed by atoms with van der Waals surface area (Å²) in [4.78, 5) is 28.4. The predicted octanol–water partition coefficient (Wildman–Crippen LogP) is 6.28. The molecule has 39 heavy (non-hydrogen) atoms. The van der Waals surface area contributed by atoms with E-state index in [-0.39, 0.29) is 39.1 Å². The molecule has 7 nitrogen and oxygen atoms in total. The molecule has 0 saturated carbocycles. The highest BCUT2D eigenvalue weighted by atomic mass is 79.9. The van der Waals surface area contributed by atoms with Crippen molar-refractivity contribution in [3.8, 4) is 0 Å². The fraction of sp³-hybridized carbons (Fsp3) is 0.286. The van der Waals surface area contributed by atoms with E-state index in [9.17, 15) is 18.0 Å². The minimum atomic E-state index is -4.18. The summed E-state index contributed by atoms with van der Waals surface area (Å²) in [5, 5.41) is 3.30. The quantitative estimate of drug-likeness (QED) is 0.264. The monoisotopic (exact) mass is 653 g/mol. The number of nitrogens with one attached hydrogen (secondary N) is 1. The van der Waals surface area contributed by atoms with Gasteiger partial charge in [0, 0.05) is 17.1 Å². The molecule has 2 amide bonds. The van der Waals surface area contributed by atoms with E-state index in [0.717, 1.165) is 20.8 Å². The Balaban J connectivity index is 2.03. The average molecular weight is 655 g/mol. The van der Waals surface area contributed by atoms with Crippen LogP contribution in [-0.4, -0.2) is 43.8 Å². The van der Waals surface area contributed by atoms with E-state index < -0.39 is 28.5 Å². The van der Waals surface area contributed by atoms with E-state index >= 15 is 0 Å². The number of hydrogen-bond donors (Lipinski definition) is 1. The van der Waals surface area contributed by atoms with Crippen molar-refractivity contribution in [2.75, 3.05) is 10.8 Å². The maximum absolute atomic E-state index is 13.9. The van der Waals surface area contributed by atoms with Crippen molar-refractivity contribution in [2.24, 2.45) is 0 Å². The maximum Gasteiger partial charge on any atom is 0.264 e. The first kappa shape index (κ1) is 30.9. The summed E-state index contributed by atoms with van der Waals surface area (Å²) in [5.74, 6) is -0.892. The molecule has 0 fully saturated rings. The molecule has 0 aliphatic carbocycles. The van der Waals surface area contributed by atoms with E-state index in [2.05, 4.69) is 21.2 Å². The topological polar surface area (TPSA) is 86.8 Å². The number of hydrogen-bond acceptors (Lipinski definition) is 4. The van der Waals surface area contributed by atoms with Crippen molar-refractivity contribution >= 4 is 66.7 Å². The highest BCUT2D eigenvalue weighted by Crippen LogP contribution is 2.31. The zero-order valence-electron chi connectivity index (χ0n) is 21.8. The van der Waals surface area contributed by atoms with E-state index in [4.69, 9.17) is 23.2 Å². The van der Waals surface area contributed by atoms with Crippen molar-refractivity contribution in [3.63, 3.8) is 0 Å². The molecule has 0 aliphatic rings. The van der Waals surface area contributed by atoms with Gasteiger partial charge in [-0.3, -0.25) is 13.9 Å². The Kier molecular flexibility index (Phi) is 10.8. The second-order valence-electron chi connectivity index (χ2n) is 9.07. The molecule has 208 valence electrons. The molecular weight excluding hydrogens is 625 g/mol. The number of anilines is 1. The molecule has 0 radical (unpaired) electrons. The first-order valence-corrected chi connectivity index (χ1v) is 15.3. The summed E-state index contributed by atoms with van der Waals surface area (Å²) in [5.41, 5.74) is 0.948. The number of halogens is 3. The van der Waals surface area contributed by atoms with Gasteiger partial charge >= 0.3 is 0 Å². The molecule has 3 rings (SSSR count). The van der Waals surface area contributed by atoms with Gasteiger partial charge in [-0.05, 0) is 68.3 Å². The first-order chi connectivity index (χ1) is 18.4. The zero-order chi connectivity index (χ0) is 28.7. The Morgan fingerprint density at radius 1 is 0.949 bits per heavy atom. The van der Waals surface area contributed by atoms with E-state index in [1.165, 1.54) is 35.2 Å². The molecule has 0 heterocycles.